The summed E-state index contributed by atoms with van der Waals surface area (Å²) in [5.74, 6) is 0.960. The van der Waals surface area contributed by atoms with E-state index in [4.69, 9.17) is 10.2 Å². The third-order valence-electron chi connectivity index (χ3n) is 3.47. The molecule has 4 nitrogen and oxygen atoms in total. The first-order chi connectivity index (χ1) is 8.58. The van der Waals surface area contributed by atoms with E-state index in [9.17, 15) is 0 Å². The van der Waals surface area contributed by atoms with Crippen molar-refractivity contribution in [2.75, 3.05) is 0 Å². The fraction of sp³-hybridized carbons (Fsp3) is 0.500. The summed E-state index contributed by atoms with van der Waals surface area (Å²) in [6.07, 6.45) is 4.42. The second-order valence-electron chi connectivity index (χ2n) is 4.86. The molecule has 0 saturated heterocycles. The van der Waals surface area contributed by atoms with Crippen molar-refractivity contribution < 1.29 is 4.42 Å². The van der Waals surface area contributed by atoms with Crippen LogP contribution in [-0.4, -0.2) is 15.8 Å². The van der Waals surface area contributed by atoms with Crippen LogP contribution in [0.25, 0.3) is 0 Å². The van der Waals surface area contributed by atoms with Crippen molar-refractivity contribution in [2.45, 2.75) is 39.2 Å². The van der Waals surface area contributed by atoms with Gasteiger partial charge in [-0.2, -0.15) is 5.10 Å². The van der Waals surface area contributed by atoms with E-state index in [-0.39, 0.29) is 6.04 Å². The lowest BCUT2D eigenvalue weighted by molar-refractivity contribution is 0.474. The normalized spacial score (nSPS) is 12.9. The zero-order valence-electron chi connectivity index (χ0n) is 11.3. The zero-order valence-corrected chi connectivity index (χ0v) is 11.3. The number of nitrogens with zero attached hydrogens (tertiary/aromatic N) is 2. The summed E-state index contributed by atoms with van der Waals surface area (Å²) in [5, 5.41) is 4.42. The largest absolute Gasteiger partial charge is 0.469 e. The molecule has 0 amide bonds. The van der Waals surface area contributed by atoms with E-state index >= 15 is 0 Å². The van der Waals surface area contributed by atoms with Crippen molar-refractivity contribution >= 4 is 0 Å². The molecule has 98 valence electrons. The maximum Gasteiger partial charge on any atom is 0.105 e. The molecule has 2 aromatic heterocycles. The summed E-state index contributed by atoms with van der Waals surface area (Å²) in [6, 6.07) is 4.01. The summed E-state index contributed by atoms with van der Waals surface area (Å²) in [7, 11) is 1.98. The molecule has 1 unspecified atom stereocenters. The van der Waals surface area contributed by atoms with Gasteiger partial charge in [0, 0.05) is 25.2 Å². The van der Waals surface area contributed by atoms with Crippen molar-refractivity contribution in [1.29, 1.82) is 0 Å². The Bertz CT molecular complexity index is 499. The highest BCUT2D eigenvalue weighted by Gasteiger charge is 2.12. The maximum absolute atomic E-state index is 6.13. The van der Waals surface area contributed by atoms with Crippen LogP contribution in [0, 0.1) is 13.8 Å². The van der Waals surface area contributed by atoms with Gasteiger partial charge in [-0.15, -0.1) is 0 Å². The van der Waals surface area contributed by atoms with Crippen molar-refractivity contribution in [3.63, 3.8) is 0 Å². The Balaban J connectivity index is 1.91. The lowest BCUT2D eigenvalue weighted by Crippen LogP contribution is -2.23. The van der Waals surface area contributed by atoms with Crippen LogP contribution in [0.15, 0.2) is 22.8 Å². The SMILES string of the molecule is Cc1nn(C)c(C)c1CCC(N)Cc1ccco1. The highest BCUT2D eigenvalue weighted by molar-refractivity contribution is 5.24. The Morgan fingerprint density at radius 1 is 1.44 bits per heavy atom. The summed E-state index contributed by atoms with van der Waals surface area (Å²) in [5.41, 5.74) is 9.80. The second kappa shape index (κ2) is 5.40. The van der Waals surface area contributed by atoms with Crippen LogP contribution in [0.5, 0.6) is 0 Å². The molecule has 0 bridgehead atoms. The van der Waals surface area contributed by atoms with Crippen molar-refractivity contribution in [1.82, 2.24) is 9.78 Å². The van der Waals surface area contributed by atoms with E-state index in [2.05, 4.69) is 18.9 Å². The number of hydrogen-bond acceptors (Lipinski definition) is 3. The van der Waals surface area contributed by atoms with Crippen molar-refractivity contribution in [3.05, 3.63) is 41.1 Å². The van der Waals surface area contributed by atoms with E-state index in [1.165, 1.54) is 11.3 Å². The fourth-order valence-electron chi connectivity index (χ4n) is 2.30. The Morgan fingerprint density at radius 2 is 2.22 bits per heavy atom. The third-order valence-corrected chi connectivity index (χ3v) is 3.47. The molecular formula is C14H21N3O. The average Bonchev–Trinajstić information content (AvgIpc) is 2.88. The second-order valence-corrected chi connectivity index (χ2v) is 4.86. The van der Waals surface area contributed by atoms with Gasteiger partial charge in [0.25, 0.3) is 0 Å². The average molecular weight is 247 g/mol. The third kappa shape index (κ3) is 2.82. The zero-order chi connectivity index (χ0) is 13.1. The topological polar surface area (TPSA) is 57.0 Å². The standard InChI is InChI=1S/C14H21N3O/c1-10-14(11(2)17(3)16-10)7-6-12(15)9-13-5-4-8-18-13/h4-5,8,12H,6-7,9,15H2,1-3H3. The van der Waals surface area contributed by atoms with Gasteiger partial charge in [0.05, 0.1) is 12.0 Å². The number of furan rings is 1. The van der Waals surface area contributed by atoms with Gasteiger partial charge in [-0.25, -0.2) is 0 Å². The molecule has 0 spiro atoms. The molecule has 1 atom stereocenters. The molecule has 0 aliphatic carbocycles. The molecule has 18 heavy (non-hydrogen) atoms. The highest BCUT2D eigenvalue weighted by Crippen LogP contribution is 2.15. The monoisotopic (exact) mass is 247 g/mol. The van der Waals surface area contributed by atoms with Gasteiger partial charge in [0.1, 0.15) is 5.76 Å². The minimum absolute atomic E-state index is 0.134. The Morgan fingerprint density at radius 3 is 2.78 bits per heavy atom. The Hall–Kier alpha value is -1.55. The van der Waals surface area contributed by atoms with Gasteiger partial charge in [0.15, 0.2) is 0 Å². The van der Waals surface area contributed by atoms with Crippen LogP contribution < -0.4 is 5.73 Å². The van der Waals surface area contributed by atoms with Gasteiger partial charge in [0.2, 0.25) is 0 Å². The molecule has 0 aliphatic rings. The minimum atomic E-state index is 0.134. The first kappa shape index (κ1) is 12.9. The summed E-state index contributed by atoms with van der Waals surface area (Å²) in [4.78, 5) is 0. The molecular weight excluding hydrogens is 226 g/mol. The molecule has 0 aromatic carbocycles. The van der Waals surface area contributed by atoms with E-state index in [0.29, 0.717) is 0 Å². The fourth-order valence-corrected chi connectivity index (χ4v) is 2.30. The van der Waals surface area contributed by atoms with Crippen molar-refractivity contribution in [3.8, 4) is 0 Å². The first-order valence-electron chi connectivity index (χ1n) is 6.35. The van der Waals surface area contributed by atoms with E-state index in [0.717, 1.165) is 30.7 Å². The molecule has 2 rings (SSSR count). The van der Waals surface area contributed by atoms with Gasteiger partial charge in [-0.05, 0) is 44.4 Å². The van der Waals surface area contributed by atoms with Gasteiger partial charge < -0.3 is 10.2 Å². The highest BCUT2D eigenvalue weighted by atomic mass is 16.3. The summed E-state index contributed by atoms with van der Waals surface area (Å²) in [6.45, 7) is 4.16. The lowest BCUT2D eigenvalue weighted by atomic mass is 10.0. The predicted octanol–water partition coefficient (Wildman–Crippen LogP) is 2.13. The lowest BCUT2D eigenvalue weighted by Gasteiger charge is -2.10. The number of rotatable bonds is 5. The van der Waals surface area contributed by atoms with Crippen LogP contribution >= 0.6 is 0 Å². The molecule has 0 radical (unpaired) electrons. The maximum atomic E-state index is 6.13. The summed E-state index contributed by atoms with van der Waals surface area (Å²) < 4.78 is 7.24. The molecule has 4 heteroatoms. The molecule has 2 N–H and O–H groups in total. The van der Waals surface area contributed by atoms with Crippen LogP contribution in [0.1, 0.15) is 29.1 Å². The number of hydrogen-bond donors (Lipinski definition) is 1. The Kier molecular flexibility index (Phi) is 3.87. The van der Waals surface area contributed by atoms with Gasteiger partial charge in [-0.3, -0.25) is 4.68 Å². The van der Waals surface area contributed by atoms with E-state index < -0.39 is 0 Å². The molecule has 0 aliphatic heterocycles. The number of nitrogens with two attached hydrogens (primary N) is 1. The molecule has 2 aromatic rings. The number of aryl methyl sites for hydroxylation is 2. The van der Waals surface area contributed by atoms with E-state index in [1.54, 1.807) is 6.26 Å². The summed E-state index contributed by atoms with van der Waals surface area (Å²) >= 11 is 0. The first-order valence-corrected chi connectivity index (χ1v) is 6.35. The smallest absolute Gasteiger partial charge is 0.105 e. The van der Waals surface area contributed by atoms with Gasteiger partial charge in [-0.1, -0.05) is 0 Å². The molecule has 0 fully saturated rings. The van der Waals surface area contributed by atoms with Crippen LogP contribution in [0.3, 0.4) is 0 Å². The van der Waals surface area contributed by atoms with Crippen LogP contribution in [0.4, 0.5) is 0 Å². The predicted molar refractivity (Wildman–Crippen MR) is 71.4 cm³/mol. The van der Waals surface area contributed by atoms with Crippen molar-refractivity contribution in [2.24, 2.45) is 12.8 Å². The Labute approximate surface area is 108 Å². The van der Waals surface area contributed by atoms with Gasteiger partial charge >= 0.3 is 0 Å². The molecule has 0 saturated carbocycles. The van der Waals surface area contributed by atoms with Crippen LogP contribution in [0.2, 0.25) is 0 Å². The van der Waals surface area contributed by atoms with Crippen LogP contribution in [-0.2, 0) is 19.9 Å². The molecule has 2 heterocycles. The minimum Gasteiger partial charge on any atom is -0.469 e. The van der Waals surface area contributed by atoms with E-state index in [1.807, 2.05) is 23.9 Å². The quantitative estimate of drug-likeness (QED) is 0.880. The number of aromatic nitrogens is 2.